The van der Waals surface area contributed by atoms with E-state index in [1.807, 2.05) is 0 Å². The second kappa shape index (κ2) is 9.12. The lowest BCUT2D eigenvalue weighted by Gasteiger charge is -2.27. The van der Waals surface area contributed by atoms with Crippen LogP contribution in [0.1, 0.15) is 11.1 Å². The molecular weight excluding hydrogens is 500 g/mol. The highest BCUT2D eigenvalue weighted by molar-refractivity contribution is 8.00. The van der Waals surface area contributed by atoms with Gasteiger partial charge >= 0.3 is 12.4 Å². The van der Waals surface area contributed by atoms with E-state index in [-0.39, 0.29) is 24.1 Å². The Balaban J connectivity index is 2.13. The zero-order valence-corrected chi connectivity index (χ0v) is 18.0. The van der Waals surface area contributed by atoms with Crippen molar-refractivity contribution in [1.29, 1.82) is 0 Å². The highest BCUT2D eigenvalue weighted by Gasteiger charge is 2.37. The van der Waals surface area contributed by atoms with E-state index in [1.54, 1.807) is 0 Å². The summed E-state index contributed by atoms with van der Waals surface area (Å²) in [5.74, 6) is 0. The van der Waals surface area contributed by atoms with Crippen LogP contribution in [0.2, 0.25) is 0 Å². The molecule has 1 aliphatic heterocycles. The highest BCUT2D eigenvalue weighted by Crippen LogP contribution is 2.42. The van der Waals surface area contributed by atoms with Gasteiger partial charge in [0.05, 0.1) is 16.1 Å². The van der Waals surface area contributed by atoms with Gasteiger partial charge in [-0.05, 0) is 24.3 Å². The third kappa shape index (κ3) is 5.77. The maximum Gasteiger partial charge on any atom is 0.416 e. The van der Waals surface area contributed by atoms with Crippen LogP contribution in [0.5, 0.6) is 0 Å². The molecule has 180 valence electrons. The summed E-state index contributed by atoms with van der Waals surface area (Å²) < 4.78 is 106. The second-order valence-corrected chi connectivity index (χ2v) is 9.91. The third-order valence-electron chi connectivity index (χ3n) is 4.62. The van der Waals surface area contributed by atoms with Crippen molar-refractivity contribution in [2.24, 2.45) is 0 Å². The number of nitro groups is 1. The summed E-state index contributed by atoms with van der Waals surface area (Å²) in [4.78, 5) is 8.97. The lowest BCUT2D eigenvalue weighted by atomic mass is 10.1. The summed E-state index contributed by atoms with van der Waals surface area (Å²) in [6.07, 6.45) is -10.2. The molecule has 0 aliphatic carbocycles. The summed E-state index contributed by atoms with van der Waals surface area (Å²) in [6, 6.07) is 3.55. The van der Waals surface area contributed by atoms with Gasteiger partial charge in [0, 0.05) is 48.1 Å². The molecule has 1 fully saturated rings. The molecule has 0 aromatic heterocycles. The predicted octanol–water partition coefficient (Wildman–Crippen LogP) is 4.38. The van der Waals surface area contributed by atoms with Crippen LogP contribution in [0.4, 0.5) is 32.0 Å². The number of sulfonamides is 1. The third-order valence-corrected chi connectivity index (χ3v) is 7.74. The van der Waals surface area contributed by atoms with E-state index < -0.39 is 53.9 Å². The van der Waals surface area contributed by atoms with E-state index in [1.165, 1.54) is 0 Å². The Morgan fingerprint density at radius 2 is 1.48 bits per heavy atom. The molecule has 0 amide bonds. The Morgan fingerprint density at radius 1 is 0.939 bits per heavy atom. The molecule has 7 nitrogen and oxygen atoms in total. The second-order valence-electron chi connectivity index (χ2n) is 6.89. The summed E-state index contributed by atoms with van der Waals surface area (Å²) >= 11 is 0.342. The van der Waals surface area contributed by atoms with Crippen molar-refractivity contribution in [3.8, 4) is 0 Å². The van der Waals surface area contributed by atoms with Gasteiger partial charge in [-0.15, -0.1) is 0 Å². The fourth-order valence-electron chi connectivity index (χ4n) is 3.03. The van der Waals surface area contributed by atoms with Crippen LogP contribution in [0.25, 0.3) is 0 Å². The quantitative estimate of drug-likeness (QED) is 0.361. The minimum absolute atomic E-state index is 0.0386. The summed E-state index contributed by atoms with van der Waals surface area (Å²) in [7, 11) is -4.32. The Labute approximate surface area is 188 Å². The first-order valence-electron chi connectivity index (χ1n) is 9.16. The zero-order chi connectivity index (χ0) is 24.6. The molecule has 1 saturated heterocycles. The monoisotopic (exact) mass is 515 g/mol. The first kappa shape index (κ1) is 25.3. The van der Waals surface area contributed by atoms with Crippen LogP contribution in [0.3, 0.4) is 0 Å². The average Bonchev–Trinajstić information content (AvgIpc) is 2.73. The van der Waals surface area contributed by atoms with E-state index in [4.69, 9.17) is 0 Å². The molecule has 1 heterocycles. The van der Waals surface area contributed by atoms with E-state index >= 15 is 0 Å². The molecule has 0 atom stereocenters. The minimum Gasteiger partial charge on any atom is -0.314 e. The largest absolute Gasteiger partial charge is 0.416 e. The molecule has 1 aliphatic rings. The van der Waals surface area contributed by atoms with Crippen molar-refractivity contribution >= 4 is 27.5 Å². The fraction of sp³-hybridized carbons (Fsp3) is 0.333. The number of hydrogen-bond donors (Lipinski definition) is 1. The number of nitrogens with zero attached hydrogens (tertiary/aromatic N) is 2. The van der Waals surface area contributed by atoms with Crippen LogP contribution >= 0.6 is 11.8 Å². The number of nitro benzene ring substituents is 1. The van der Waals surface area contributed by atoms with Gasteiger partial charge in [-0.1, -0.05) is 11.8 Å². The van der Waals surface area contributed by atoms with Gasteiger partial charge in [-0.2, -0.15) is 30.6 Å². The number of benzene rings is 2. The van der Waals surface area contributed by atoms with Gasteiger partial charge in [0.25, 0.3) is 5.69 Å². The first-order valence-corrected chi connectivity index (χ1v) is 11.4. The molecule has 0 bridgehead atoms. The molecule has 0 spiro atoms. The molecule has 0 unspecified atom stereocenters. The Hall–Kier alpha value is -2.36. The van der Waals surface area contributed by atoms with E-state index in [0.717, 1.165) is 22.5 Å². The van der Waals surface area contributed by atoms with Crippen LogP contribution in [-0.2, 0) is 22.4 Å². The normalized spacial score (nSPS) is 16.1. The number of alkyl halides is 6. The summed E-state index contributed by atoms with van der Waals surface area (Å²) in [5, 5.41) is 14.1. The lowest BCUT2D eigenvalue weighted by molar-refractivity contribution is -0.385. The zero-order valence-electron chi connectivity index (χ0n) is 16.4. The number of halogens is 6. The van der Waals surface area contributed by atoms with Gasteiger partial charge in [0.1, 0.15) is 4.90 Å². The number of piperazine rings is 1. The Kier molecular flexibility index (Phi) is 6.98. The SMILES string of the molecule is O=[N+]([O-])c1ccc(Sc2cc(C(F)(F)F)cc(C(F)(F)F)c2)c(S(=O)(=O)N2CCNCC2)c1. The maximum absolute atomic E-state index is 13.2. The van der Waals surface area contributed by atoms with Crippen LogP contribution in [-0.4, -0.2) is 43.8 Å². The lowest BCUT2D eigenvalue weighted by Crippen LogP contribution is -2.46. The highest BCUT2D eigenvalue weighted by atomic mass is 32.2. The number of nitrogens with one attached hydrogen (secondary N) is 1. The molecular formula is C18H15F6N3O4S2. The maximum atomic E-state index is 13.2. The van der Waals surface area contributed by atoms with Crippen molar-refractivity contribution < 1.29 is 39.7 Å². The van der Waals surface area contributed by atoms with E-state index in [2.05, 4.69) is 5.32 Å². The predicted molar refractivity (Wildman–Crippen MR) is 105 cm³/mol. The van der Waals surface area contributed by atoms with Crippen molar-refractivity contribution in [2.75, 3.05) is 26.2 Å². The van der Waals surface area contributed by atoms with Gasteiger partial charge in [0.15, 0.2) is 0 Å². The number of non-ortho nitro benzene ring substituents is 1. The molecule has 1 N–H and O–H groups in total. The average molecular weight is 515 g/mol. The minimum atomic E-state index is -5.08. The standard InChI is InChI=1S/C18H15F6N3O4S2/c19-17(20,21)11-7-12(18(22,23)24)9-14(8-11)32-15-2-1-13(27(28)29)10-16(15)33(30,31)26-5-3-25-4-6-26/h1-2,7-10,25H,3-6H2. The number of hydrogen-bond acceptors (Lipinski definition) is 6. The first-order chi connectivity index (χ1) is 15.2. The molecule has 2 aromatic carbocycles. The Bertz CT molecular complexity index is 1130. The van der Waals surface area contributed by atoms with Crippen LogP contribution in [0, 0.1) is 10.1 Å². The fourth-order valence-corrected chi connectivity index (χ4v) is 5.93. The number of rotatable bonds is 5. The van der Waals surface area contributed by atoms with Gasteiger partial charge in [0.2, 0.25) is 10.0 Å². The van der Waals surface area contributed by atoms with E-state index in [0.29, 0.717) is 37.0 Å². The van der Waals surface area contributed by atoms with Gasteiger partial charge in [-0.3, -0.25) is 10.1 Å². The van der Waals surface area contributed by atoms with Crippen molar-refractivity contribution in [2.45, 2.75) is 27.0 Å². The summed E-state index contributed by atoms with van der Waals surface area (Å²) in [6.45, 7) is 0.687. The van der Waals surface area contributed by atoms with Crippen molar-refractivity contribution in [3.05, 3.63) is 57.6 Å². The van der Waals surface area contributed by atoms with Crippen molar-refractivity contribution in [1.82, 2.24) is 9.62 Å². The molecule has 0 saturated carbocycles. The van der Waals surface area contributed by atoms with E-state index in [9.17, 15) is 44.9 Å². The molecule has 0 radical (unpaired) electrons. The molecule has 3 rings (SSSR count). The molecule has 2 aromatic rings. The van der Waals surface area contributed by atoms with Gasteiger partial charge in [-0.25, -0.2) is 8.42 Å². The Morgan fingerprint density at radius 3 is 1.97 bits per heavy atom. The molecule has 15 heteroatoms. The van der Waals surface area contributed by atoms with Crippen LogP contribution < -0.4 is 5.32 Å². The van der Waals surface area contributed by atoms with Crippen LogP contribution in [0.15, 0.2) is 51.1 Å². The van der Waals surface area contributed by atoms with Crippen molar-refractivity contribution in [3.63, 3.8) is 0 Å². The van der Waals surface area contributed by atoms with Gasteiger partial charge < -0.3 is 5.32 Å². The summed E-state index contributed by atoms with van der Waals surface area (Å²) in [5.41, 5.74) is -3.71. The smallest absolute Gasteiger partial charge is 0.314 e. The molecule has 33 heavy (non-hydrogen) atoms. The topological polar surface area (TPSA) is 92.5 Å².